The van der Waals surface area contributed by atoms with Crippen molar-refractivity contribution in [3.63, 3.8) is 0 Å². The largest absolute Gasteiger partial charge is 0.466 e. The number of hydrogen-bond acceptors (Lipinski definition) is 4. The second-order valence-electron chi connectivity index (χ2n) is 7.37. The molecule has 4 rings (SSSR count). The maximum atomic E-state index is 14.0. The van der Waals surface area contributed by atoms with Crippen LogP contribution in [0.2, 0.25) is 0 Å². The predicted octanol–water partition coefficient (Wildman–Crippen LogP) is 5.19. The van der Waals surface area contributed by atoms with Crippen molar-refractivity contribution >= 4 is 28.6 Å². The number of nitrogens with zero attached hydrogens (tertiary/aromatic N) is 1. The third-order valence-electron chi connectivity index (χ3n) is 5.15. The van der Waals surface area contributed by atoms with E-state index in [0.29, 0.717) is 22.3 Å². The molecule has 2 amide bonds. The zero-order chi connectivity index (χ0) is 23.2. The summed E-state index contributed by atoms with van der Waals surface area (Å²) < 4.78 is 19.1. The van der Waals surface area contributed by atoms with Gasteiger partial charge in [0.15, 0.2) is 0 Å². The van der Waals surface area contributed by atoms with Crippen molar-refractivity contribution in [2.45, 2.75) is 19.4 Å². The van der Waals surface area contributed by atoms with Crippen LogP contribution in [0.3, 0.4) is 0 Å². The lowest BCUT2D eigenvalue weighted by atomic mass is 10.0. The molecule has 0 aliphatic heterocycles. The molecule has 1 atom stereocenters. The SMILES string of the molecule is CCOC(=O)CC(NC(=O)Nc1c(-c2ccncc2)[nH]c2ccc(F)cc12)c1ccccc1. The molecule has 7 nitrogen and oxygen atoms in total. The predicted molar refractivity (Wildman–Crippen MR) is 124 cm³/mol. The molecule has 0 saturated carbocycles. The smallest absolute Gasteiger partial charge is 0.319 e. The van der Waals surface area contributed by atoms with Crippen molar-refractivity contribution in [2.24, 2.45) is 0 Å². The summed E-state index contributed by atoms with van der Waals surface area (Å²) in [5.41, 5.74) is 3.26. The first-order valence-corrected chi connectivity index (χ1v) is 10.5. The Labute approximate surface area is 190 Å². The minimum Gasteiger partial charge on any atom is -0.466 e. The zero-order valence-corrected chi connectivity index (χ0v) is 18.0. The van der Waals surface area contributed by atoms with Gasteiger partial charge in [0.25, 0.3) is 0 Å². The number of amides is 2. The average Bonchev–Trinajstić information content (AvgIpc) is 3.17. The lowest BCUT2D eigenvalue weighted by molar-refractivity contribution is -0.143. The maximum Gasteiger partial charge on any atom is 0.319 e. The highest BCUT2D eigenvalue weighted by Gasteiger charge is 2.21. The van der Waals surface area contributed by atoms with E-state index < -0.39 is 23.9 Å². The van der Waals surface area contributed by atoms with Crippen LogP contribution < -0.4 is 10.6 Å². The molecule has 0 spiro atoms. The summed E-state index contributed by atoms with van der Waals surface area (Å²) in [5, 5.41) is 6.22. The molecule has 2 aromatic carbocycles. The van der Waals surface area contributed by atoms with Gasteiger partial charge in [0.1, 0.15) is 5.82 Å². The molecule has 168 valence electrons. The Morgan fingerprint density at radius 2 is 1.85 bits per heavy atom. The van der Waals surface area contributed by atoms with Crippen LogP contribution in [0.5, 0.6) is 0 Å². The number of rotatable bonds is 7. The van der Waals surface area contributed by atoms with Crippen molar-refractivity contribution in [2.75, 3.05) is 11.9 Å². The fourth-order valence-electron chi connectivity index (χ4n) is 3.66. The van der Waals surface area contributed by atoms with E-state index in [1.165, 1.54) is 12.1 Å². The Morgan fingerprint density at radius 3 is 2.58 bits per heavy atom. The van der Waals surface area contributed by atoms with Crippen molar-refractivity contribution in [1.82, 2.24) is 15.3 Å². The second kappa shape index (κ2) is 9.95. The highest BCUT2D eigenvalue weighted by Crippen LogP contribution is 2.35. The van der Waals surface area contributed by atoms with E-state index in [4.69, 9.17) is 4.74 Å². The Balaban J connectivity index is 1.64. The van der Waals surface area contributed by atoms with Crippen LogP contribution in [0.15, 0.2) is 73.1 Å². The number of halogens is 1. The summed E-state index contributed by atoms with van der Waals surface area (Å²) in [7, 11) is 0. The van der Waals surface area contributed by atoms with Gasteiger partial charge in [-0.1, -0.05) is 30.3 Å². The molecule has 1 unspecified atom stereocenters. The summed E-state index contributed by atoms with van der Waals surface area (Å²) in [6.45, 7) is 1.98. The topological polar surface area (TPSA) is 96.1 Å². The quantitative estimate of drug-likeness (QED) is 0.341. The van der Waals surface area contributed by atoms with Crippen molar-refractivity contribution in [3.05, 3.63) is 84.4 Å². The molecule has 2 aromatic heterocycles. The first kappa shape index (κ1) is 22.0. The third kappa shape index (κ3) is 5.17. The second-order valence-corrected chi connectivity index (χ2v) is 7.37. The van der Waals surface area contributed by atoms with Crippen LogP contribution in [0.4, 0.5) is 14.9 Å². The van der Waals surface area contributed by atoms with Gasteiger partial charge in [-0.25, -0.2) is 9.18 Å². The van der Waals surface area contributed by atoms with Gasteiger partial charge in [-0.05, 0) is 42.8 Å². The van der Waals surface area contributed by atoms with Gasteiger partial charge >= 0.3 is 12.0 Å². The molecule has 4 aromatic rings. The number of benzene rings is 2. The summed E-state index contributed by atoms with van der Waals surface area (Å²) in [6.07, 6.45) is 3.25. The lowest BCUT2D eigenvalue weighted by Gasteiger charge is -2.19. The molecule has 8 heteroatoms. The number of nitrogens with one attached hydrogen (secondary N) is 3. The third-order valence-corrected chi connectivity index (χ3v) is 5.15. The number of pyridine rings is 1. The number of carbonyl (C=O) groups excluding carboxylic acids is 2. The van der Waals surface area contributed by atoms with E-state index >= 15 is 0 Å². The summed E-state index contributed by atoms with van der Waals surface area (Å²) in [4.78, 5) is 32.4. The van der Waals surface area contributed by atoms with E-state index in [-0.39, 0.29) is 13.0 Å². The van der Waals surface area contributed by atoms with E-state index in [9.17, 15) is 14.0 Å². The Bertz CT molecular complexity index is 1260. The Hall–Kier alpha value is -4.20. The van der Waals surface area contributed by atoms with Gasteiger partial charge in [-0.2, -0.15) is 0 Å². The number of esters is 1. The van der Waals surface area contributed by atoms with E-state index in [2.05, 4.69) is 20.6 Å². The maximum absolute atomic E-state index is 14.0. The molecule has 0 aliphatic rings. The molecule has 0 aliphatic carbocycles. The van der Waals surface area contributed by atoms with Crippen LogP contribution in [0, 0.1) is 5.82 Å². The highest BCUT2D eigenvalue weighted by atomic mass is 19.1. The number of ether oxygens (including phenoxy) is 1. The molecule has 3 N–H and O–H groups in total. The van der Waals surface area contributed by atoms with E-state index in [1.54, 1.807) is 37.5 Å². The molecule has 0 bridgehead atoms. The van der Waals surface area contributed by atoms with Gasteiger partial charge in [0.2, 0.25) is 0 Å². The zero-order valence-electron chi connectivity index (χ0n) is 18.0. The first-order valence-electron chi connectivity index (χ1n) is 10.5. The highest BCUT2D eigenvalue weighted by molar-refractivity contribution is 6.07. The van der Waals surface area contributed by atoms with Crippen molar-refractivity contribution < 1.29 is 18.7 Å². The van der Waals surface area contributed by atoms with Gasteiger partial charge in [0.05, 0.1) is 30.5 Å². The van der Waals surface area contributed by atoms with Gasteiger partial charge < -0.3 is 20.4 Å². The number of aromatic amines is 1. The van der Waals surface area contributed by atoms with E-state index in [1.807, 2.05) is 30.3 Å². The fraction of sp³-hybridized carbons (Fsp3) is 0.160. The molecule has 33 heavy (non-hydrogen) atoms. The van der Waals surface area contributed by atoms with Crippen LogP contribution in [-0.2, 0) is 9.53 Å². The van der Waals surface area contributed by atoms with Crippen LogP contribution in [0.25, 0.3) is 22.2 Å². The Kier molecular flexibility index (Phi) is 6.64. The molecule has 0 radical (unpaired) electrons. The van der Waals surface area contributed by atoms with Gasteiger partial charge in [-0.15, -0.1) is 0 Å². The van der Waals surface area contributed by atoms with Crippen molar-refractivity contribution in [1.29, 1.82) is 0 Å². The Morgan fingerprint density at radius 1 is 1.09 bits per heavy atom. The summed E-state index contributed by atoms with van der Waals surface area (Å²) in [5.74, 6) is -0.839. The van der Waals surface area contributed by atoms with Gasteiger partial charge in [-0.3, -0.25) is 9.78 Å². The number of anilines is 1. The number of fused-ring (bicyclic) bond motifs is 1. The molecule has 0 saturated heterocycles. The molecule has 2 heterocycles. The number of aromatic nitrogens is 2. The number of H-pyrrole nitrogens is 1. The fourth-order valence-corrected chi connectivity index (χ4v) is 3.66. The van der Waals surface area contributed by atoms with Crippen LogP contribution >= 0.6 is 0 Å². The standard InChI is InChI=1S/C25H23FN4O3/c1-2-33-22(31)15-21(16-6-4-3-5-7-16)29-25(32)30-24-19-14-18(26)8-9-20(19)28-23(24)17-10-12-27-13-11-17/h3-14,21,28H,2,15H2,1H3,(H2,29,30,32). The minimum atomic E-state index is -0.600. The summed E-state index contributed by atoms with van der Waals surface area (Å²) >= 11 is 0. The molecular formula is C25H23FN4O3. The van der Waals surface area contributed by atoms with Crippen LogP contribution in [-0.4, -0.2) is 28.6 Å². The molecular weight excluding hydrogens is 423 g/mol. The van der Waals surface area contributed by atoms with Crippen molar-refractivity contribution in [3.8, 4) is 11.3 Å². The van der Waals surface area contributed by atoms with Gasteiger partial charge in [0, 0.05) is 28.9 Å². The first-order chi connectivity index (χ1) is 16.0. The number of urea groups is 1. The number of hydrogen-bond donors (Lipinski definition) is 3. The van der Waals surface area contributed by atoms with E-state index in [0.717, 1.165) is 11.1 Å². The minimum absolute atomic E-state index is 0.0228. The number of carbonyl (C=O) groups is 2. The summed E-state index contributed by atoms with van der Waals surface area (Å²) in [6, 6.07) is 15.9. The monoisotopic (exact) mass is 446 g/mol. The molecule has 0 fully saturated rings. The lowest BCUT2D eigenvalue weighted by Crippen LogP contribution is -2.34. The normalized spacial score (nSPS) is 11.7. The average molecular weight is 446 g/mol. The van der Waals surface area contributed by atoms with Crippen LogP contribution in [0.1, 0.15) is 24.9 Å².